The Morgan fingerprint density at radius 1 is 1.03 bits per heavy atom. The van der Waals surface area contributed by atoms with Crippen LogP contribution in [0.25, 0.3) is 0 Å². The van der Waals surface area contributed by atoms with E-state index in [0.717, 1.165) is 11.1 Å². The molecule has 0 saturated heterocycles. The summed E-state index contributed by atoms with van der Waals surface area (Å²) in [5.41, 5.74) is 0.682. The van der Waals surface area contributed by atoms with E-state index < -0.39 is 27.6 Å². The molecule has 0 spiro atoms. The summed E-state index contributed by atoms with van der Waals surface area (Å²) >= 11 is 0. The van der Waals surface area contributed by atoms with Gasteiger partial charge < -0.3 is 4.74 Å². The zero-order chi connectivity index (χ0) is 26.2. The summed E-state index contributed by atoms with van der Waals surface area (Å²) in [6, 6.07) is 24.2. The molecule has 0 amide bonds. The Morgan fingerprint density at radius 3 is 2.14 bits per heavy atom. The van der Waals surface area contributed by atoms with Crippen LogP contribution in [0.5, 0.6) is 0 Å². The van der Waals surface area contributed by atoms with E-state index in [-0.39, 0.29) is 11.4 Å². The molecule has 0 aliphatic heterocycles. The van der Waals surface area contributed by atoms with Crippen molar-refractivity contribution >= 4 is 16.0 Å². The van der Waals surface area contributed by atoms with Crippen molar-refractivity contribution in [1.82, 2.24) is 4.31 Å². The number of carbonyl (C=O) groups is 1. The lowest BCUT2D eigenvalue weighted by Gasteiger charge is -2.41. The van der Waals surface area contributed by atoms with E-state index in [4.69, 9.17) is 4.74 Å². The van der Waals surface area contributed by atoms with Crippen LogP contribution in [0.2, 0.25) is 0 Å². The van der Waals surface area contributed by atoms with Gasteiger partial charge >= 0.3 is 5.97 Å². The molecule has 0 fully saturated rings. The average molecular weight is 502 g/mol. The second-order valence-corrected chi connectivity index (χ2v) is 10.3. The third kappa shape index (κ3) is 5.93. The number of ether oxygens (including phenoxy) is 1. The smallest absolute Gasteiger partial charge is 0.304 e. The first-order valence-electron chi connectivity index (χ1n) is 11.8. The zero-order valence-electron chi connectivity index (χ0n) is 20.8. The van der Waals surface area contributed by atoms with Crippen molar-refractivity contribution in [3.8, 4) is 11.8 Å². The Kier molecular flexibility index (Phi) is 8.87. The van der Waals surface area contributed by atoms with Crippen molar-refractivity contribution < 1.29 is 17.9 Å². The Hall–Kier alpha value is -3.66. The minimum Gasteiger partial charge on any atom is -0.440 e. The predicted octanol–water partition coefficient (Wildman–Crippen LogP) is 5.46. The largest absolute Gasteiger partial charge is 0.440 e. The molecule has 0 saturated carbocycles. The number of esters is 1. The summed E-state index contributed by atoms with van der Waals surface area (Å²) in [5.74, 6) is 5.75. The van der Waals surface area contributed by atoms with Gasteiger partial charge in [0.2, 0.25) is 15.6 Å². The molecule has 0 aliphatic carbocycles. The van der Waals surface area contributed by atoms with Gasteiger partial charge in [0.25, 0.3) is 0 Å². The van der Waals surface area contributed by atoms with Gasteiger partial charge in [-0.2, -0.15) is 4.31 Å². The molecule has 1 unspecified atom stereocenters. The topological polar surface area (TPSA) is 63.7 Å². The van der Waals surface area contributed by atoms with Crippen LogP contribution in [0.1, 0.15) is 37.0 Å². The van der Waals surface area contributed by atoms with Crippen molar-refractivity contribution in [2.45, 2.75) is 43.7 Å². The molecule has 6 heteroatoms. The van der Waals surface area contributed by atoms with E-state index in [1.54, 1.807) is 36.4 Å². The van der Waals surface area contributed by atoms with Gasteiger partial charge in [0, 0.05) is 24.6 Å². The molecule has 0 bridgehead atoms. The molecule has 186 valence electrons. The number of benzene rings is 3. The molecular formula is C30H31NO4S. The van der Waals surface area contributed by atoms with Crippen molar-refractivity contribution in [2.24, 2.45) is 0 Å². The maximum absolute atomic E-state index is 14.0. The third-order valence-electron chi connectivity index (χ3n) is 5.81. The van der Waals surface area contributed by atoms with E-state index in [1.807, 2.05) is 62.4 Å². The highest BCUT2D eigenvalue weighted by Gasteiger charge is 2.48. The highest BCUT2D eigenvalue weighted by atomic mass is 32.2. The molecule has 5 nitrogen and oxygen atoms in total. The average Bonchev–Trinajstić information content (AvgIpc) is 2.88. The summed E-state index contributed by atoms with van der Waals surface area (Å²) in [6.45, 7) is 8.87. The Balaban J connectivity index is 2.30. The number of sulfonamides is 1. The van der Waals surface area contributed by atoms with Gasteiger partial charge in [0.1, 0.15) is 0 Å². The quantitative estimate of drug-likeness (QED) is 0.222. The van der Waals surface area contributed by atoms with Crippen LogP contribution >= 0.6 is 0 Å². The van der Waals surface area contributed by atoms with Crippen LogP contribution in [0.4, 0.5) is 0 Å². The summed E-state index contributed by atoms with van der Waals surface area (Å²) in [7, 11) is -4.00. The molecule has 3 aromatic carbocycles. The van der Waals surface area contributed by atoms with Gasteiger partial charge in [-0.1, -0.05) is 85.1 Å². The SMILES string of the molecule is C=CCN([C@@H](CC)C(C#Cc1ccccc1)(OC(C)=O)c1ccccc1)S(=O)(=O)c1ccc(C)cc1. The molecule has 3 aromatic rings. The molecule has 0 aliphatic rings. The highest BCUT2D eigenvalue weighted by Crippen LogP contribution is 2.37. The fourth-order valence-electron chi connectivity index (χ4n) is 4.16. The normalized spacial score (nSPS) is 13.7. The number of nitrogens with zero attached hydrogens (tertiary/aromatic N) is 1. The van der Waals surface area contributed by atoms with Crippen molar-refractivity contribution in [3.63, 3.8) is 0 Å². The monoisotopic (exact) mass is 501 g/mol. The van der Waals surface area contributed by atoms with Gasteiger partial charge in [0.05, 0.1) is 10.9 Å². The molecular weight excluding hydrogens is 470 g/mol. The van der Waals surface area contributed by atoms with Crippen LogP contribution in [0, 0.1) is 18.8 Å². The lowest BCUT2D eigenvalue weighted by Crippen LogP contribution is -2.54. The summed E-state index contributed by atoms with van der Waals surface area (Å²) in [6.07, 6.45) is 1.85. The van der Waals surface area contributed by atoms with Gasteiger partial charge in [-0.05, 0) is 43.5 Å². The van der Waals surface area contributed by atoms with E-state index in [9.17, 15) is 13.2 Å². The number of hydrogen-bond donors (Lipinski definition) is 0. The maximum Gasteiger partial charge on any atom is 0.304 e. The minimum atomic E-state index is -4.00. The lowest BCUT2D eigenvalue weighted by atomic mass is 9.84. The maximum atomic E-state index is 14.0. The zero-order valence-corrected chi connectivity index (χ0v) is 21.7. The Labute approximate surface area is 214 Å². The van der Waals surface area contributed by atoms with Crippen molar-refractivity contribution in [1.29, 1.82) is 0 Å². The van der Waals surface area contributed by atoms with Crippen LogP contribution in [-0.4, -0.2) is 31.3 Å². The van der Waals surface area contributed by atoms with Crippen molar-refractivity contribution in [3.05, 3.63) is 114 Å². The third-order valence-corrected chi connectivity index (χ3v) is 7.70. The second kappa shape index (κ2) is 11.9. The van der Waals surface area contributed by atoms with Gasteiger partial charge in [-0.25, -0.2) is 8.42 Å². The first kappa shape index (κ1) is 26.9. The van der Waals surface area contributed by atoms with Gasteiger partial charge in [0.15, 0.2) is 0 Å². The lowest BCUT2D eigenvalue weighted by molar-refractivity contribution is -0.157. The van der Waals surface area contributed by atoms with Gasteiger partial charge in [-0.3, -0.25) is 4.79 Å². The van der Waals surface area contributed by atoms with Gasteiger partial charge in [-0.15, -0.1) is 6.58 Å². The molecule has 0 heterocycles. The van der Waals surface area contributed by atoms with Crippen molar-refractivity contribution in [2.75, 3.05) is 6.54 Å². The van der Waals surface area contributed by atoms with Crippen LogP contribution in [0.15, 0.2) is 102 Å². The molecule has 0 radical (unpaired) electrons. The van der Waals surface area contributed by atoms with E-state index in [2.05, 4.69) is 18.4 Å². The summed E-state index contributed by atoms with van der Waals surface area (Å²) < 4.78 is 35.3. The van der Waals surface area contributed by atoms with E-state index >= 15 is 0 Å². The van der Waals surface area contributed by atoms with Crippen LogP contribution in [0.3, 0.4) is 0 Å². The van der Waals surface area contributed by atoms with Crippen LogP contribution < -0.4 is 0 Å². The fourth-order valence-corrected chi connectivity index (χ4v) is 5.84. The number of rotatable bonds is 9. The van der Waals surface area contributed by atoms with Crippen LogP contribution in [-0.2, 0) is 25.2 Å². The summed E-state index contributed by atoms with van der Waals surface area (Å²) in [5, 5.41) is 0. The Bertz CT molecular complexity index is 1340. The standard InChI is InChI=1S/C30H31NO4S/c1-5-23-31(36(33,34)28-19-17-24(3)18-20-28)29(6-2)30(35-25(4)32,27-15-11-8-12-16-27)22-21-26-13-9-7-10-14-26/h5,7-20,29H,1,6,23H2,2-4H3/t29-,30?/m0/s1. The number of aryl methyl sites for hydroxylation is 1. The second-order valence-electron chi connectivity index (χ2n) is 8.41. The highest BCUT2D eigenvalue weighted by molar-refractivity contribution is 7.89. The fraction of sp³-hybridized carbons (Fsp3) is 0.233. The number of carbonyl (C=O) groups excluding carboxylic acids is 1. The molecule has 36 heavy (non-hydrogen) atoms. The Morgan fingerprint density at radius 2 is 1.61 bits per heavy atom. The molecule has 2 atom stereocenters. The summed E-state index contributed by atoms with van der Waals surface area (Å²) in [4.78, 5) is 12.7. The molecule has 0 aromatic heterocycles. The first-order valence-corrected chi connectivity index (χ1v) is 13.2. The van der Waals surface area contributed by atoms with E-state index in [0.29, 0.717) is 12.0 Å². The molecule has 0 N–H and O–H groups in total. The molecule has 3 rings (SSSR count). The predicted molar refractivity (Wildman–Crippen MR) is 143 cm³/mol. The first-order chi connectivity index (χ1) is 17.2. The number of hydrogen-bond acceptors (Lipinski definition) is 4. The van der Waals surface area contributed by atoms with E-state index in [1.165, 1.54) is 17.3 Å². The minimum absolute atomic E-state index is 0.0115.